The predicted molar refractivity (Wildman–Crippen MR) is 108 cm³/mol. The third kappa shape index (κ3) is 4.28. The summed E-state index contributed by atoms with van der Waals surface area (Å²) < 4.78 is 6.66. The number of ether oxygens (including phenoxy) is 1. The molecule has 0 saturated carbocycles. The molecule has 3 heterocycles. The molecule has 146 valence electrons. The number of hydrogen-bond acceptors (Lipinski definition) is 7. The maximum atomic E-state index is 13.0. The van der Waals surface area contributed by atoms with E-state index in [4.69, 9.17) is 16.3 Å². The van der Waals surface area contributed by atoms with Gasteiger partial charge in [0, 0.05) is 17.8 Å². The number of nitrogens with one attached hydrogen (secondary N) is 1. The van der Waals surface area contributed by atoms with Crippen LogP contribution in [-0.4, -0.2) is 41.5 Å². The Morgan fingerprint density at radius 2 is 2.07 bits per heavy atom. The summed E-state index contributed by atoms with van der Waals surface area (Å²) in [7, 11) is 0. The van der Waals surface area contributed by atoms with Gasteiger partial charge < -0.3 is 24.5 Å². The van der Waals surface area contributed by atoms with Crippen molar-refractivity contribution in [1.29, 1.82) is 0 Å². The Kier molecular flexibility index (Phi) is 7.14. The molecule has 1 fully saturated rings. The first kappa shape index (κ1) is 22.4. The molecule has 7 nitrogen and oxygen atoms in total. The van der Waals surface area contributed by atoms with Crippen LogP contribution in [0, 0.1) is 5.92 Å². The van der Waals surface area contributed by atoms with Gasteiger partial charge >= 0.3 is 29.6 Å². The summed E-state index contributed by atoms with van der Waals surface area (Å²) in [6.45, 7) is 1.67. The van der Waals surface area contributed by atoms with Gasteiger partial charge in [0.1, 0.15) is 11.5 Å². The molecule has 1 N–H and O–H groups in total. The Bertz CT molecular complexity index is 1150. The molecule has 29 heavy (non-hydrogen) atoms. The van der Waals surface area contributed by atoms with Gasteiger partial charge in [-0.05, 0) is 30.5 Å². The van der Waals surface area contributed by atoms with Crippen LogP contribution in [-0.2, 0) is 16.1 Å². The minimum atomic E-state index is -1.27. The molecule has 1 aromatic carbocycles. The van der Waals surface area contributed by atoms with Crippen molar-refractivity contribution in [2.45, 2.75) is 11.4 Å². The van der Waals surface area contributed by atoms with Crippen molar-refractivity contribution < 1.29 is 44.2 Å². The van der Waals surface area contributed by atoms with Gasteiger partial charge in [0.2, 0.25) is 0 Å². The normalized spacial score (nSPS) is 13.9. The second-order valence-electron chi connectivity index (χ2n) is 6.62. The van der Waals surface area contributed by atoms with E-state index in [0.29, 0.717) is 57.7 Å². The Balaban J connectivity index is 0.00000240. The molecule has 1 aliphatic heterocycles. The van der Waals surface area contributed by atoms with Gasteiger partial charge in [-0.25, -0.2) is 4.98 Å². The molecule has 10 heteroatoms. The number of hydrogen-bond donors (Lipinski definition) is 1. The molecule has 0 aliphatic carbocycles. The molecular formula is C19H17ClN3NaO4S. The summed E-state index contributed by atoms with van der Waals surface area (Å²) in [6.07, 6.45) is 1.82. The van der Waals surface area contributed by atoms with Crippen molar-refractivity contribution in [2.24, 2.45) is 5.92 Å². The predicted octanol–water partition coefficient (Wildman–Crippen LogP) is -1.26. The number of fused-ring (bicyclic) bond motifs is 2. The number of halogens is 1. The fourth-order valence-corrected chi connectivity index (χ4v) is 4.37. The van der Waals surface area contributed by atoms with Crippen LogP contribution in [0.4, 0.5) is 5.82 Å². The first-order chi connectivity index (χ1) is 13.5. The maximum absolute atomic E-state index is 13.0. The van der Waals surface area contributed by atoms with E-state index in [1.807, 2.05) is 6.26 Å². The van der Waals surface area contributed by atoms with Crippen molar-refractivity contribution in [2.75, 3.05) is 31.3 Å². The van der Waals surface area contributed by atoms with Gasteiger partial charge in [0.15, 0.2) is 5.43 Å². The van der Waals surface area contributed by atoms with Crippen LogP contribution in [0.1, 0.15) is 0 Å². The zero-order chi connectivity index (χ0) is 19.8. The van der Waals surface area contributed by atoms with E-state index in [-0.39, 0.29) is 40.6 Å². The monoisotopic (exact) mass is 441 g/mol. The number of anilines is 1. The SMILES string of the molecule is CSc1c(Cl)ccc2c(=O)c3ccc(NCC4COC4)nc3n(CC(=O)[O-])c12.[Na+]. The number of rotatable bonds is 6. The summed E-state index contributed by atoms with van der Waals surface area (Å²) >= 11 is 7.66. The number of carboxylic acid groups (broad SMARTS) is 1. The van der Waals surface area contributed by atoms with E-state index in [2.05, 4.69) is 10.3 Å². The van der Waals surface area contributed by atoms with Crippen molar-refractivity contribution in [3.05, 3.63) is 39.5 Å². The van der Waals surface area contributed by atoms with Crippen LogP contribution in [0.2, 0.25) is 5.02 Å². The van der Waals surface area contributed by atoms with E-state index < -0.39 is 12.5 Å². The molecule has 2 aromatic heterocycles. The fourth-order valence-electron chi connectivity index (χ4n) is 3.31. The molecule has 1 aliphatic rings. The van der Waals surface area contributed by atoms with E-state index in [1.54, 1.807) is 24.3 Å². The van der Waals surface area contributed by atoms with Crippen LogP contribution >= 0.6 is 23.4 Å². The maximum Gasteiger partial charge on any atom is 1.00 e. The second-order valence-corrected chi connectivity index (χ2v) is 7.84. The largest absolute Gasteiger partial charge is 1.00 e. The quantitative estimate of drug-likeness (QED) is 0.290. The number of aromatic nitrogens is 2. The molecule has 0 bridgehead atoms. The van der Waals surface area contributed by atoms with Crippen molar-refractivity contribution >= 4 is 57.1 Å². The summed E-state index contributed by atoms with van der Waals surface area (Å²) in [5.41, 5.74) is 0.533. The molecular weight excluding hydrogens is 425 g/mol. The van der Waals surface area contributed by atoms with Crippen LogP contribution in [0.5, 0.6) is 0 Å². The summed E-state index contributed by atoms with van der Waals surface area (Å²) in [5, 5.41) is 15.9. The van der Waals surface area contributed by atoms with E-state index in [0.717, 1.165) is 0 Å². The van der Waals surface area contributed by atoms with E-state index in [9.17, 15) is 14.7 Å². The van der Waals surface area contributed by atoms with Crippen LogP contribution in [0.15, 0.2) is 34.0 Å². The van der Waals surface area contributed by atoms with Crippen molar-refractivity contribution in [3.63, 3.8) is 0 Å². The Morgan fingerprint density at radius 1 is 1.34 bits per heavy atom. The Hall–Kier alpha value is -1.29. The topological polar surface area (TPSA) is 96.3 Å². The summed E-state index contributed by atoms with van der Waals surface area (Å²) in [4.78, 5) is 29.7. The number of carbonyl (C=O) groups excluding carboxylic acids is 1. The Labute approximate surface area is 198 Å². The first-order valence-electron chi connectivity index (χ1n) is 8.70. The minimum absolute atomic E-state index is 0. The zero-order valence-corrected chi connectivity index (χ0v) is 19.6. The molecule has 0 unspecified atom stereocenters. The molecule has 1 saturated heterocycles. The molecule has 3 aromatic rings. The van der Waals surface area contributed by atoms with Crippen LogP contribution < -0.4 is 45.4 Å². The third-order valence-corrected chi connectivity index (χ3v) is 5.99. The molecule has 0 radical (unpaired) electrons. The summed E-state index contributed by atoms with van der Waals surface area (Å²) in [6, 6.07) is 6.66. The van der Waals surface area contributed by atoms with Gasteiger partial charge in [-0.15, -0.1) is 11.8 Å². The van der Waals surface area contributed by atoms with E-state index in [1.165, 1.54) is 16.3 Å². The van der Waals surface area contributed by atoms with Crippen molar-refractivity contribution in [1.82, 2.24) is 9.55 Å². The fraction of sp³-hybridized carbons (Fsp3) is 0.316. The van der Waals surface area contributed by atoms with Crippen LogP contribution in [0.3, 0.4) is 0 Å². The number of aliphatic carboxylic acids is 1. The smallest absolute Gasteiger partial charge is 0.548 e. The average Bonchev–Trinajstić information content (AvgIpc) is 2.63. The van der Waals surface area contributed by atoms with Gasteiger partial charge in [-0.3, -0.25) is 4.79 Å². The zero-order valence-electron chi connectivity index (χ0n) is 16.0. The molecule has 4 rings (SSSR count). The van der Waals surface area contributed by atoms with Gasteiger partial charge in [0.25, 0.3) is 0 Å². The Morgan fingerprint density at radius 3 is 2.69 bits per heavy atom. The van der Waals surface area contributed by atoms with Crippen molar-refractivity contribution in [3.8, 4) is 0 Å². The van der Waals surface area contributed by atoms with Gasteiger partial charge in [-0.1, -0.05) is 11.6 Å². The number of benzene rings is 1. The number of thioether (sulfide) groups is 1. The number of nitrogens with zero attached hydrogens (tertiary/aromatic N) is 2. The first-order valence-corrected chi connectivity index (χ1v) is 10.3. The second kappa shape index (κ2) is 9.24. The standard InChI is InChI=1S/C19H18ClN3O4S.Na/c1-28-18-13(20)4-2-11-16(18)23(7-15(24)25)19-12(17(11)26)3-5-14(22-19)21-6-10-8-27-9-10;/h2-5,10H,6-9H2,1H3,(H,21,22)(H,24,25);/q;+1/p-1. The summed E-state index contributed by atoms with van der Waals surface area (Å²) in [5.74, 6) is -0.288. The van der Waals surface area contributed by atoms with Gasteiger partial charge in [-0.2, -0.15) is 0 Å². The average molecular weight is 442 g/mol. The van der Waals surface area contributed by atoms with E-state index >= 15 is 0 Å². The number of carbonyl (C=O) groups is 1. The number of carboxylic acids is 1. The molecule has 0 atom stereocenters. The van der Waals surface area contributed by atoms with Gasteiger partial charge in [0.05, 0.1) is 46.5 Å². The van der Waals surface area contributed by atoms with Crippen LogP contribution in [0.25, 0.3) is 21.9 Å². The number of pyridine rings is 2. The molecule has 0 spiro atoms. The molecule has 0 amide bonds. The minimum Gasteiger partial charge on any atom is -0.548 e. The third-order valence-electron chi connectivity index (χ3n) is 4.74.